The highest BCUT2D eigenvalue weighted by molar-refractivity contribution is 7.14. The average molecular weight is 298 g/mol. The summed E-state index contributed by atoms with van der Waals surface area (Å²) >= 11 is 0.948. The lowest BCUT2D eigenvalue weighted by Crippen LogP contribution is -2.34. The standard InChI is InChI=1S/C11H10N2O6S/c12-2-7-6(1-8(14)15)5-20-11(7)13(3-9(16)17)4-10(18)19/h5H,1,3-4H2,(H,14,15)(H,16,17)(H,18,19). The van der Waals surface area contributed by atoms with E-state index in [0.29, 0.717) is 0 Å². The molecule has 0 unspecified atom stereocenters. The maximum absolute atomic E-state index is 10.7. The zero-order chi connectivity index (χ0) is 15.3. The van der Waals surface area contributed by atoms with E-state index in [1.54, 1.807) is 6.07 Å². The molecule has 0 radical (unpaired) electrons. The van der Waals surface area contributed by atoms with Gasteiger partial charge in [-0.1, -0.05) is 0 Å². The van der Waals surface area contributed by atoms with Crippen LogP contribution < -0.4 is 4.90 Å². The molecule has 9 heteroatoms. The van der Waals surface area contributed by atoms with Gasteiger partial charge in [0.2, 0.25) is 0 Å². The Morgan fingerprint density at radius 1 is 1.15 bits per heavy atom. The Hall–Kier alpha value is -2.60. The van der Waals surface area contributed by atoms with Crippen LogP contribution in [-0.4, -0.2) is 46.3 Å². The molecule has 0 bridgehead atoms. The van der Waals surface area contributed by atoms with Crippen LogP contribution in [0.5, 0.6) is 0 Å². The Bertz CT molecular complexity index is 572. The number of thiophene rings is 1. The second kappa shape index (κ2) is 6.53. The summed E-state index contributed by atoms with van der Waals surface area (Å²) in [5.41, 5.74) is 0.237. The van der Waals surface area contributed by atoms with Crippen LogP contribution in [0.2, 0.25) is 0 Å². The molecule has 3 N–H and O–H groups in total. The summed E-state index contributed by atoms with van der Waals surface area (Å²) < 4.78 is 0. The smallest absolute Gasteiger partial charge is 0.323 e. The number of carboxylic acid groups (broad SMARTS) is 3. The minimum Gasteiger partial charge on any atom is -0.481 e. The molecule has 0 saturated heterocycles. The second-order valence-corrected chi connectivity index (χ2v) is 4.63. The van der Waals surface area contributed by atoms with Crippen LogP contribution in [0.1, 0.15) is 11.1 Å². The Balaban J connectivity index is 3.16. The second-order valence-electron chi connectivity index (χ2n) is 3.77. The van der Waals surface area contributed by atoms with E-state index < -0.39 is 31.0 Å². The van der Waals surface area contributed by atoms with Crippen molar-refractivity contribution in [1.29, 1.82) is 5.26 Å². The van der Waals surface area contributed by atoms with Crippen molar-refractivity contribution in [2.24, 2.45) is 0 Å². The largest absolute Gasteiger partial charge is 0.481 e. The molecular formula is C11H10N2O6S. The quantitative estimate of drug-likeness (QED) is 0.649. The third kappa shape index (κ3) is 3.96. The Morgan fingerprint density at radius 2 is 1.70 bits per heavy atom. The maximum Gasteiger partial charge on any atom is 0.323 e. The summed E-state index contributed by atoms with van der Waals surface area (Å²) in [6, 6.07) is 1.80. The normalized spacial score (nSPS) is 9.75. The summed E-state index contributed by atoms with van der Waals surface area (Å²) in [6.45, 7) is -1.18. The molecular weight excluding hydrogens is 288 g/mol. The van der Waals surface area contributed by atoms with Gasteiger partial charge in [0, 0.05) is 0 Å². The topological polar surface area (TPSA) is 139 Å². The van der Waals surface area contributed by atoms with Gasteiger partial charge < -0.3 is 20.2 Å². The Kier molecular flexibility index (Phi) is 5.05. The monoisotopic (exact) mass is 298 g/mol. The summed E-state index contributed by atoms with van der Waals surface area (Å²) in [4.78, 5) is 33.2. The van der Waals surface area contributed by atoms with Crippen molar-refractivity contribution < 1.29 is 29.7 Å². The van der Waals surface area contributed by atoms with Crippen LogP contribution >= 0.6 is 11.3 Å². The SMILES string of the molecule is N#Cc1c(CC(=O)O)csc1N(CC(=O)O)CC(=O)O. The van der Waals surface area contributed by atoms with E-state index in [-0.39, 0.29) is 22.5 Å². The lowest BCUT2D eigenvalue weighted by molar-refractivity contribution is -0.137. The first-order valence-electron chi connectivity index (χ1n) is 5.26. The van der Waals surface area contributed by atoms with E-state index in [4.69, 9.17) is 20.6 Å². The van der Waals surface area contributed by atoms with Crippen LogP contribution in [0.3, 0.4) is 0 Å². The van der Waals surface area contributed by atoms with Crippen molar-refractivity contribution in [2.45, 2.75) is 6.42 Å². The van der Waals surface area contributed by atoms with Gasteiger partial charge in [-0.05, 0) is 10.9 Å². The molecule has 0 aliphatic carbocycles. The maximum atomic E-state index is 10.7. The fourth-order valence-electron chi connectivity index (χ4n) is 1.55. The summed E-state index contributed by atoms with van der Waals surface area (Å²) in [6.07, 6.45) is -0.382. The van der Waals surface area contributed by atoms with Crippen molar-refractivity contribution in [2.75, 3.05) is 18.0 Å². The zero-order valence-corrected chi connectivity index (χ0v) is 10.9. The molecule has 1 aromatic heterocycles. The lowest BCUT2D eigenvalue weighted by atomic mass is 10.1. The average Bonchev–Trinajstić information content (AvgIpc) is 2.68. The van der Waals surface area contributed by atoms with E-state index >= 15 is 0 Å². The highest BCUT2D eigenvalue weighted by Crippen LogP contribution is 2.31. The highest BCUT2D eigenvalue weighted by atomic mass is 32.1. The fourth-order valence-corrected chi connectivity index (χ4v) is 2.58. The predicted octanol–water partition coefficient (Wildman–Crippen LogP) is 0.222. The van der Waals surface area contributed by atoms with Crippen LogP contribution in [0.4, 0.5) is 5.00 Å². The third-order valence-electron chi connectivity index (χ3n) is 2.24. The van der Waals surface area contributed by atoms with E-state index in [9.17, 15) is 14.4 Å². The number of rotatable bonds is 7. The summed E-state index contributed by atoms with van der Waals surface area (Å²) in [5.74, 6) is -3.62. The summed E-state index contributed by atoms with van der Waals surface area (Å²) in [7, 11) is 0. The van der Waals surface area contributed by atoms with Crippen molar-refractivity contribution in [3.8, 4) is 6.07 Å². The number of hydrogen-bond donors (Lipinski definition) is 3. The zero-order valence-electron chi connectivity index (χ0n) is 10.1. The van der Waals surface area contributed by atoms with Gasteiger partial charge in [0.15, 0.2) is 0 Å². The van der Waals surface area contributed by atoms with Crippen LogP contribution in [0, 0.1) is 11.3 Å². The molecule has 0 spiro atoms. The van der Waals surface area contributed by atoms with E-state index in [2.05, 4.69) is 0 Å². The molecule has 0 aliphatic heterocycles. The number of carbonyl (C=O) groups is 3. The minimum absolute atomic E-state index is 0.0000926. The molecule has 0 fully saturated rings. The molecule has 1 aromatic rings. The van der Waals surface area contributed by atoms with Gasteiger partial charge in [-0.15, -0.1) is 11.3 Å². The minimum atomic E-state index is -1.25. The van der Waals surface area contributed by atoms with Crippen molar-refractivity contribution in [1.82, 2.24) is 0 Å². The first kappa shape index (κ1) is 15.5. The number of anilines is 1. The van der Waals surface area contributed by atoms with Crippen LogP contribution in [0.15, 0.2) is 5.38 Å². The molecule has 0 atom stereocenters. The van der Waals surface area contributed by atoms with E-state index in [1.807, 2.05) is 0 Å². The number of nitrogens with zero attached hydrogens (tertiary/aromatic N) is 2. The Morgan fingerprint density at radius 3 is 2.10 bits per heavy atom. The number of nitriles is 1. The van der Waals surface area contributed by atoms with Gasteiger partial charge in [0.25, 0.3) is 0 Å². The molecule has 1 heterocycles. The van der Waals surface area contributed by atoms with Crippen molar-refractivity contribution >= 4 is 34.2 Å². The van der Waals surface area contributed by atoms with Gasteiger partial charge in [-0.2, -0.15) is 5.26 Å². The Labute approximate surface area is 117 Å². The molecule has 0 amide bonds. The van der Waals surface area contributed by atoms with Gasteiger partial charge in [0.1, 0.15) is 24.2 Å². The molecule has 106 valence electrons. The molecule has 8 nitrogen and oxygen atoms in total. The van der Waals surface area contributed by atoms with Crippen LogP contribution in [0.25, 0.3) is 0 Å². The van der Waals surface area contributed by atoms with E-state index in [1.165, 1.54) is 5.38 Å². The first-order valence-corrected chi connectivity index (χ1v) is 6.14. The van der Waals surface area contributed by atoms with Gasteiger partial charge in [-0.25, -0.2) is 0 Å². The van der Waals surface area contributed by atoms with Crippen molar-refractivity contribution in [3.05, 3.63) is 16.5 Å². The molecule has 0 saturated carbocycles. The molecule has 20 heavy (non-hydrogen) atoms. The number of hydrogen-bond acceptors (Lipinski definition) is 6. The molecule has 1 rings (SSSR count). The first-order chi connectivity index (χ1) is 9.35. The number of carboxylic acids is 3. The van der Waals surface area contributed by atoms with E-state index in [0.717, 1.165) is 16.2 Å². The van der Waals surface area contributed by atoms with Crippen LogP contribution in [-0.2, 0) is 20.8 Å². The predicted molar refractivity (Wildman–Crippen MR) is 67.9 cm³/mol. The van der Waals surface area contributed by atoms with Gasteiger partial charge in [0.05, 0.1) is 12.0 Å². The fraction of sp³-hybridized carbons (Fsp3) is 0.273. The number of aliphatic carboxylic acids is 3. The highest BCUT2D eigenvalue weighted by Gasteiger charge is 2.22. The molecule has 0 aromatic carbocycles. The third-order valence-corrected chi connectivity index (χ3v) is 3.33. The van der Waals surface area contributed by atoms with Gasteiger partial charge >= 0.3 is 17.9 Å². The lowest BCUT2D eigenvalue weighted by Gasteiger charge is -2.19. The summed E-state index contributed by atoms with van der Waals surface area (Å²) in [5, 5.41) is 36.9. The molecule has 0 aliphatic rings. The van der Waals surface area contributed by atoms with Crippen molar-refractivity contribution in [3.63, 3.8) is 0 Å². The van der Waals surface area contributed by atoms with Gasteiger partial charge in [-0.3, -0.25) is 14.4 Å².